The Labute approximate surface area is 77.5 Å². The van der Waals surface area contributed by atoms with Crippen molar-refractivity contribution in [3.8, 4) is 0 Å². The molecule has 0 aliphatic rings. The second-order valence-electron chi connectivity index (χ2n) is 2.84. The average molecular weight is 209 g/mol. The van der Waals surface area contributed by atoms with Crippen molar-refractivity contribution < 1.29 is 13.2 Å². The molecular formula is C7H10F3N3O. The number of hydrogen-bond acceptors (Lipinski definition) is 2. The highest BCUT2D eigenvalue weighted by atomic mass is 19.4. The van der Waals surface area contributed by atoms with E-state index < -0.39 is 18.3 Å². The van der Waals surface area contributed by atoms with E-state index in [2.05, 4.69) is 5.10 Å². The molecule has 1 rings (SSSR count). The molecule has 7 heteroatoms. The lowest BCUT2D eigenvalue weighted by Gasteiger charge is -2.05. The number of alkyl halides is 3. The molecule has 0 atom stereocenters. The van der Waals surface area contributed by atoms with E-state index >= 15 is 0 Å². The van der Waals surface area contributed by atoms with Crippen LogP contribution < -0.4 is 11.3 Å². The minimum Gasteiger partial charge on any atom is -0.330 e. The van der Waals surface area contributed by atoms with Gasteiger partial charge < -0.3 is 10.8 Å². The molecule has 0 aliphatic carbocycles. The number of halogens is 3. The van der Waals surface area contributed by atoms with Crippen molar-refractivity contribution in [1.29, 1.82) is 0 Å². The maximum absolute atomic E-state index is 11.9. The van der Waals surface area contributed by atoms with Crippen LogP contribution in [-0.4, -0.2) is 22.5 Å². The van der Waals surface area contributed by atoms with E-state index in [-0.39, 0.29) is 18.5 Å². The molecule has 14 heavy (non-hydrogen) atoms. The average Bonchev–Trinajstić information content (AvgIpc) is 2.34. The Morgan fingerprint density at radius 2 is 2.14 bits per heavy atom. The van der Waals surface area contributed by atoms with Gasteiger partial charge in [0.1, 0.15) is 6.54 Å². The Bertz CT molecular complexity index is 352. The molecule has 0 saturated heterocycles. The van der Waals surface area contributed by atoms with E-state index in [0.29, 0.717) is 4.68 Å². The van der Waals surface area contributed by atoms with E-state index in [0.717, 1.165) is 0 Å². The van der Waals surface area contributed by atoms with Crippen LogP contribution in [0.5, 0.6) is 0 Å². The van der Waals surface area contributed by atoms with Crippen LogP contribution in [0.25, 0.3) is 0 Å². The van der Waals surface area contributed by atoms with Gasteiger partial charge in [-0.2, -0.15) is 13.2 Å². The van der Waals surface area contributed by atoms with Crippen molar-refractivity contribution in [1.82, 2.24) is 9.78 Å². The molecule has 0 radical (unpaired) electrons. The molecule has 0 aromatic carbocycles. The molecule has 1 aromatic rings. The molecule has 1 aromatic heterocycles. The zero-order valence-electron chi connectivity index (χ0n) is 7.27. The number of aromatic nitrogens is 2. The maximum atomic E-state index is 11.9. The van der Waals surface area contributed by atoms with Gasteiger partial charge in [-0.05, 0) is 13.0 Å². The van der Waals surface area contributed by atoms with Crippen molar-refractivity contribution in [2.45, 2.75) is 19.1 Å². The number of nitrogens with two attached hydrogens (primary N) is 1. The van der Waals surface area contributed by atoms with Crippen molar-refractivity contribution in [3.63, 3.8) is 0 Å². The molecule has 0 fully saturated rings. The molecule has 3 N–H and O–H groups in total. The molecule has 1 heterocycles. The molecule has 0 spiro atoms. The molecule has 0 bridgehead atoms. The summed E-state index contributed by atoms with van der Waals surface area (Å²) in [6, 6.07) is 0. The molecule has 0 amide bonds. The van der Waals surface area contributed by atoms with Crippen molar-refractivity contribution in [3.05, 3.63) is 22.1 Å². The zero-order chi connectivity index (χ0) is 10.8. The van der Waals surface area contributed by atoms with Crippen LogP contribution in [0.15, 0.2) is 11.0 Å². The lowest BCUT2D eigenvalue weighted by Crippen LogP contribution is -2.28. The predicted molar refractivity (Wildman–Crippen MR) is 43.9 cm³/mol. The predicted octanol–water partition coefficient (Wildman–Crippen LogP) is 0.240. The van der Waals surface area contributed by atoms with E-state index in [1.807, 2.05) is 0 Å². The van der Waals surface area contributed by atoms with Gasteiger partial charge in [-0.15, -0.1) is 0 Å². The minimum absolute atomic E-state index is 0.235. The first kappa shape index (κ1) is 10.8. The van der Waals surface area contributed by atoms with E-state index in [1.165, 1.54) is 6.20 Å². The number of nitrogens with one attached hydrogen (secondary N) is 1. The highest BCUT2D eigenvalue weighted by molar-refractivity contribution is 5.05. The Hall–Kier alpha value is -1.24. The molecular weight excluding hydrogens is 199 g/mol. The monoisotopic (exact) mass is 209 g/mol. The SMILES string of the molecule is NCCc1c[nH]n(CC(F)(F)F)c1=O. The topological polar surface area (TPSA) is 63.8 Å². The van der Waals surface area contributed by atoms with E-state index in [4.69, 9.17) is 5.73 Å². The summed E-state index contributed by atoms with van der Waals surface area (Å²) in [6.45, 7) is -1.06. The van der Waals surface area contributed by atoms with Gasteiger partial charge in [-0.25, -0.2) is 4.68 Å². The number of rotatable bonds is 3. The summed E-state index contributed by atoms with van der Waals surface area (Å²) in [5.41, 5.74) is 4.80. The number of aromatic amines is 1. The zero-order valence-corrected chi connectivity index (χ0v) is 7.27. The van der Waals surface area contributed by atoms with Crippen LogP contribution in [0.1, 0.15) is 5.56 Å². The van der Waals surface area contributed by atoms with Gasteiger partial charge in [-0.1, -0.05) is 0 Å². The van der Waals surface area contributed by atoms with Crippen LogP contribution in [0.3, 0.4) is 0 Å². The normalized spacial score (nSPS) is 12.0. The molecule has 0 saturated carbocycles. The Morgan fingerprint density at radius 3 is 2.64 bits per heavy atom. The molecule has 0 unspecified atom stereocenters. The first-order chi connectivity index (χ1) is 6.44. The summed E-state index contributed by atoms with van der Waals surface area (Å²) < 4.78 is 36.3. The minimum atomic E-state index is -4.39. The quantitative estimate of drug-likeness (QED) is 0.749. The van der Waals surface area contributed by atoms with Crippen molar-refractivity contribution >= 4 is 0 Å². The summed E-state index contributed by atoms with van der Waals surface area (Å²) >= 11 is 0. The second-order valence-corrected chi connectivity index (χ2v) is 2.84. The van der Waals surface area contributed by atoms with Crippen molar-refractivity contribution in [2.24, 2.45) is 5.73 Å². The molecule has 4 nitrogen and oxygen atoms in total. The van der Waals surface area contributed by atoms with Gasteiger partial charge in [0.05, 0.1) is 0 Å². The summed E-state index contributed by atoms with van der Waals surface area (Å²) in [5.74, 6) is 0. The van der Waals surface area contributed by atoms with Crippen LogP contribution in [0, 0.1) is 0 Å². The van der Waals surface area contributed by atoms with Gasteiger partial charge in [0, 0.05) is 11.8 Å². The molecule has 80 valence electrons. The standard InChI is InChI=1S/C7H10F3N3O/c8-7(9,10)4-13-6(14)5(1-2-11)3-12-13/h3,12H,1-2,4,11H2. The lowest BCUT2D eigenvalue weighted by atomic mass is 10.2. The van der Waals surface area contributed by atoms with Crippen LogP contribution >= 0.6 is 0 Å². The number of nitrogens with zero attached hydrogens (tertiary/aromatic N) is 1. The Morgan fingerprint density at radius 1 is 1.50 bits per heavy atom. The highest BCUT2D eigenvalue weighted by Gasteiger charge is 2.29. The van der Waals surface area contributed by atoms with E-state index in [1.54, 1.807) is 0 Å². The molecule has 0 aliphatic heterocycles. The van der Waals surface area contributed by atoms with Crippen LogP contribution in [0.4, 0.5) is 13.2 Å². The fourth-order valence-corrected chi connectivity index (χ4v) is 1.08. The van der Waals surface area contributed by atoms with E-state index in [9.17, 15) is 18.0 Å². The lowest BCUT2D eigenvalue weighted by molar-refractivity contribution is -0.143. The summed E-state index contributed by atoms with van der Waals surface area (Å²) in [5, 5.41) is 2.24. The third-order valence-corrected chi connectivity index (χ3v) is 1.67. The fourth-order valence-electron chi connectivity index (χ4n) is 1.08. The third kappa shape index (κ3) is 2.63. The Kier molecular flexibility index (Phi) is 3.00. The fraction of sp³-hybridized carbons (Fsp3) is 0.571. The van der Waals surface area contributed by atoms with Gasteiger partial charge in [-0.3, -0.25) is 4.79 Å². The maximum Gasteiger partial charge on any atom is 0.408 e. The smallest absolute Gasteiger partial charge is 0.330 e. The second kappa shape index (κ2) is 3.87. The van der Waals surface area contributed by atoms with Gasteiger partial charge in [0.2, 0.25) is 0 Å². The first-order valence-electron chi connectivity index (χ1n) is 3.98. The first-order valence-corrected chi connectivity index (χ1v) is 3.98. The largest absolute Gasteiger partial charge is 0.408 e. The number of H-pyrrole nitrogens is 1. The Balaban J connectivity index is 2.85. The van der Waals surface area contributed by atoms with Gasteiger partial charge in [0.15, 0.2) is 0 Å². The summed E-state index contributed by atoms with van der Waals surface area (Å²) in [6.07, 6.45) is -2.87. The highest BCUT2D eigenvalue weighted by Crippen LogP contribution is 2.15. The number of hydrogen-bond donors (Lipinski definition) is 2. The van der Waals surface area contributed by atoms with Crippen molar-refractivity contribution in [2.75, 3.05) is 6.54 Å². The van der Waals surface area contributed by atoms with Gasteiger partial charge in [0.25, 0.3) is 5.56 Å². The van der Waals surface area contributed by atoms with Gasteiger partial charge >= 0.3 is 6.18 Å². The third-order valence-electron chi connectivity index (χ3n) is 1.67. The van der Waals surface area contributed by atoms with Crippen LogP contribution in [0.2, 0.25) is 0 Å². The summed E-state index contributed by atoms with van der Waals surface area (Å²) in [4.78, 5) is 11.2. The van der Waals surface area contributed by atoms with Crippen LogP contribution in [-0.2, 0) is 13.0 Å². The summed E-state index contributed by atoms with van der Waals surface area (Å²) in [7, 11) is 0.